The van der Waals surface area contributed by atoms with Gasteiger partial charge in [-0.25, -0.2) is 9.78 Å². The number of hydrogen-bond donors (Lipinski definition) is 1. The van der Waals surface area contributed by atoms with Crippen molar-refractivity contribution < 1.29 is 9.53 Å². The number of carbonyl (C=O) groups excluding carboxylic acids is 1. The highest BCUT2D eigenvalue weighted by Gasteiger charge is 2.36. The number of hydrogen-bond acceptors (Lipinski definition) is 4. The summed E-state index contributed by atoms with van der Waals surface area (Å²) in [5.74, 6) is 0. The lowest BCUT2D eigenvalue weighted by Gasteiger charge is -2.41. The second-order valence-electron chi connectivity index (χ2n) is 6.15. The molecule has 3 rings (SSSR count). The lowest BCUT2D eigenvalue weighted by molar-refractivity contribution is -0.0908. The SMILES string of the molecule is CC[C@@H](NC(=O)N1CCO[C@@](C)(c2ccccc2)C1)c1nccs1. The van der Waals surface area contributed by atoms with Gasteiger partial charge in [0.05, 0.1) is 19.2 Å². The third-order valence-electron chi connectivity index (χ3n) is 4.40. The van der Waals surface area contributed by atoms with E-state index in [0.717, 1.165) is 17.0 Å². The number of nitrogens with zero attached hydrogens (tertiary/aromatic N) is 2. The monoisotopic (exact) mass is 345 g/mol. The van der Waals surface area contributed by atoms with Gasteiger partial charge in [0.2, 0.25) is 0 Å². The first-order valence-corrected chi connectivity index (χ1v) is 9.14. The summed E-state index contributed by atoms with van der Waals surface area (Å²) in [6.07, 6.45) is 2.59. The van der Waals surface area contributed by atoms with Crippen LogP contribution in [0.25, 0.3) is 0 Å². The fourth-order valence-electron chi connectivity index (χ4n) is 2.99. The van der Waals surface area contributed by atoms with Crippen LogP contribution in [-0.2, 0) is 10.3 Å². The molecule has 2 atom stereocenters. The summed E-state index contributed by atoms with van der Waals surface area (Å²) in [6, 6.07) is 9.99. The number of nitrogens with one attached hydrogen (secondary N) is 1. The maximum absolute atomic E-state index is 12.7. The fourth-order valence-corrected chi connectivity index (χ4v) is 3.77. The van der Waals surface area contributed by atoms with Gasteiger partial charge in [0, 0.05) is 18.1 Å². The van der Waals surface area contributed by atoms with Crippen molar-refractivity contribution in [3.63, 3.8) is 0 Å². The molecule has 24 heavy (non-hydrogen) atoms. The highest BCUT2D eigenvalue weighted by atomic mass is 32.1. The van der Waals surface area contributed by atoms with Crippen LogP contribution in [0.3, 0.4) is 0 Å². The molecule has 1 aromatic carbocycles. The zero-order valence-corrected chi connectivity index (χ0v) is 14.9. The molecule has 1 aromatic heterocycles. The number of morpholine rings is 1. The second kappa shape index (κ2) is 7.32. The minimum atomic E-state index is -0.472. The van der Waals surface area contributed by atoms with Gasteiger partial charge in [0.15, 0.2) is 0 Å². The van der Waals surface area contributed by atoms with E-state index in [1.165, 1.54) is 0 Å². The minimum Gasteiger partial charge on any atom is -0.367 e. The summed E-state index contributed by atoms with van der Waals surface area (Å²) in [5.41, 5.74) is 0.620. The number of rotatable bonds is 4. The van der Waals surface area contributed by atoms with E-state index in [1.807, 2.05) is 47.5 Å². The highest BCUT2D eigenvalue weighted by Crippen LogP contribution is 2.29. The van der Waals surface area contributed by atoms with Crippen LogP contribution in [0.15, 0.2) is 41.9 Å². The van der Waals surface area contributed by atoms with Crippen LogP contribution >= 0.6 is 11.3 Å². The summed E-state index contributed by atoms with van der Waals surface area (Å²) in [6.45, 7) is 5.77. The van der Waals surface area contributed by atoms with E-state index < -0.39 is 5.60 Å². The molecule has 1 N–H and O–H groups in total. The van der Waals surface area contributed by atoms with Crippen molar-refractivity contribution in [2.24, 2.45) is 0 Å². The van der Waals surface area contributed by atoms with E-state index in [1.54, 1.807) is 17.5 Å². The van der Waals surface area contributed by atoms with Gasteiger partial charge >= 0.3 is 6.03 Å². The van der Waals surface area contributed by atoms with Crippen LogP contribution in [-0.4, -0.2) is 35.6 Å². The molecular formula is C18H23N3O2S. The number of urea groups is 1. The molecule has 5 nitrogen and oxygen atoms in total. The molecule has 0 saturated carbocycles. The molecule has 2 amide bonds. The molecule has 0 unspecified atom stereocenters. The van der Waals surface area contributed by atoms with Crippen LogP contribution in [0, 0.1) is 0 Å². The summed E-state index contributed by atoms with van der Waals surface area (Å²) >= 11 is 1.57. The molecule has 1 fully saturated rings. The molecule has 1 aliphatic heterocycles. The molecular weight excluding hydrogens is 322 g/mol. The molecule has 2 heterocycles. The molecule has 1 aliphatic rings. The summed E-state index contributed by atoms with van der Waals surface area (Å²) in [7, 11) is 0. The normalized spacial score (nSPS) is 22.2. The Morgan fingerprint density at radius 2 is 2.25 bits per heavy atom. The molecule has 2 aromatic rings. The maximum Gasteiger partial charge on any atom is 0.318 e. The van der Waals surface area contributed by atoms with Crippen molar-refractivity contribution >= 4 is 17.4 Å². The Labute approximate surface area is 146 Å². The first-order chi connectivity index (χ1) is 11.6. The second-order valence-corrected chi connectivity index (χ2v) is 7.07. The average Bonchev–Trinajstić information content (AvgIpc) is 3.15. The van der Waals surface area contributed by atoms with Crippen LogP contribution < -0.4 is 5.32 Å². The Hall–Kier alpha value is -1.92. The molecule has 1 saturated heterocycles. The third-order valence-corrected chi connectivity index (χ3v) is 5.29. The van der Waals surface area contributed by atoms with Crippen molar-refractivity contribution in [1.29, 1.82) is 0 Å². The number of benzene rings is 1. The number of thiazole rings is 1. The lowest BCUT2D eigenvalue weighted by Crippen LogP contribution is -2.53. The van der Waals surface area contributed by atoms with Gasteiger partial charge in [-0.15, -0.1) is 11.3 Å². The topological polar surface area (TPSA) is 54.5 Å². The number of carbonyl (C=O) groups is 1. The minimum absolute atomic E-state index is 0.0386. The summed E-state index contributed by atoms with van der Waals surface area (Å²) < 4.78 is 6.00. The van der Waals surface area contributed by atoms with Gasteiger partial charge in [-0.05, 0) is 18.9 Å². The third kappa shape index (κ3) is 3.60. The highest BCUT2D eigenvalue weighted by molar-refractivity contribution is 7.09. The Morgan fingerprint density at radius 3 is 2.92 bits per heavy atom. The molecule has 128 valence electrons. The largest absolute Gasteiger partial charge is 0.367 e. The van der Waals surface area contributed by atoms with Crippen molar-refractivity contribution in [1.82, 2.24) is 15.2 Å². The van der Waals surface area contributed by atoms with Crippen molar-refractivity contribution in [2.45, 2.75) is 31.9 Å². The number of ether oxygens (including phenoxy) is 1. The summed E-state index contributed by atoms with van der Waals surface area (Å²) in [5, 5.41) is 5.99. The van der Waals surface area contributed by atoms with Crippen LogP contribution in [0.5, 0.6) is 0 Å². The fraction of sp³-hybridized carbons (Fsp3) is 0.444. The number of aromatic nitrogens is 1. The van der Waals surface area contributed by atoms with E-state index in [-0.39, 0.29) is 12.1 Å². The Bertz CT molecular complexity index is 662. The first kappa shape index (κ1) is 16.9. The molecule has 0 bridgehead atoms. The standard InChI is InChI=1S/C18H23N3O2S/c1-3-15(16-19-9-12-24-16)20-17(22)21-10-11-23-18(2,13-21)14-7-5-4-6-8-14/h4-9,12,15H,3,10-11,13H2,1-2H3,(H,20,22)/t15-,18-/m1/s1. The summed E-state index contributed by atoms with van der Waals surface area (Å²) in [4.78, 5) is 18.9. The van der Waals surface area contributed by atoms with Gasteiger partial charge in [0.1, 0.15) is 10.6 Å². The smallest absolute Gasteiger partial charge is 0.318 e. The van der Waals surface area contributed by atoms with Gasteiger partial charge in [-0.3, -0.25) is 0 Å². The molecule has 6 heteroatoms. The van der Waals surface area contributed by atoms with Crippen LogP contribution in [0.1, 0.15) is 36.9 Å². The van der Waals surface area contributed by atoms with Crippen molar-refractivity contribution in [3.8, 4) is 0 Å². The van der Waals surface area contributed by atoms with Gasteiger partial charge in [-0.1, -0.05) is 37.3 Å². The molecule has 0 aliphatic carbocycles. The molecule has 0 radical (unpaired) electrons. The Balaban J connectivity index is 1.69. The van der Waals surface area contributed by atoms with E-state index in [2.05, 4.69) is 17.2 Å². The quantitative estimate of drug-likeness (QED) is 0.922. The van der Waals surface area contributed by atoms with Gasteiger partial charge in [-0.2, -0.15) is 0 Å². The van der Waals surface area contributed by atoms with Crippen LogP contribution in [0.4, 0.5) is 4.79 Å². The first-order valence-electron chi connectivity index (χ1n) is 8.26. The number of amides is 2. The van der Waals surface area contributed by atoms with E-state index in [4.69, 9.17) is 4.74 Å². The zero-order chi connectivity index (χ0) is 17.0. The Morgan fingerprint density at radius 1 is 1.46 bits per heavy atom. The van der Waals surface area contributed by atoms with Crippen LogP contribution in [0.2, 0.25) is 0 Å². The van der Waals surface area contributed by atoms with Crippen molar-refractivity contribution in [3.05, 3.63) is 52.5 Å². The molecule has 0 spiro atoms. The van der Waals surface area contributed by atoms with Gasteiger partial charge in [0.25, 0.3) is 0 Å². The van der Waals surface area contributed by atoms with E-state index in [9.17, 15) is 4.79 Å². The Kier molecular flexibility index (Phi) is 5.16. The van der Waals surface area contributed by atoms with Crippen molar-refractivity contribution in [2.75, 3.05) is 19.7 Å². The van der Waals surface area contributed by atoms with E-state index >= 15 is 0 Å². The van der Waals surface area contributed by atoms with Gasteiger partial charge < -0.3 is 15.0 Å². The van der Waals surface area contributed by atoms with E-state index in [0.29, 0.717) is 19.7 Å². The zero-order valence-electron chi connectivity index (χ0n) is 14.1. The average molecular weight is 345 g/mol. The lowest BCUT2D eigenvalue weighted by atomic mass is 9.94. The predicted octanol–water partition coefficient (Wildman–Crippen LogP) is 3.55. The predicted molar refractivity (Wildman–Crippen MR) is 95.0 cm³/mol. The maximum atomic E-state index is 12.7.